The number of anilines is 1. The standard InChI is InChI=1S/C26H31N5O2/c1-18-16-19(2)28-25(27-18)30-14-11-26(12-15-30)10-7-13-31(24(26)32)17-22-20(3)33-29-23(22)21-8-5-4-6-9-21/h4-6,8-9,16H,7,10-15,17H2,1-3H3. The highest BCUT2D eigenvalue weighted by Gasteiger charge is 2.46. The molecule has 2 aliphatic rings. The number of aryl methyl sites for hydroxylation is 3. The molecule has 7 heteroatoms. The number of amides is 1. The van der Waals surface area contributed by atoms with E-state index in [9.17, 15) is 4.79 Å². The van der Waals surface area contributed by atoms with Gasteiger partial charge in [0.15, 0.2) is 0 Å². The molecule has 7 nitrogen and oxygen atoms in total. The summed E-state index contributed by atoms with van der Waals surface area (Å²) in [6, 6.07) is 12.0. The van der Waals surface area contributed by atoms with Crippen LogP contribution in [0.5, 0.6) is 0 Å². The topological polar surface area (TPSA) is 75.4 Å². The van der Waals surface area contributed by atoms with Crippen molar-refractivity contribution in [2.45, 2.75) is 53.0 Å². The summed E-state index contributed by atoms with van der Waals surface area (Å²) in [7, 11) is 0. The van der Waals surface area contributed by atoms with Gasteiger partial charge in [-0.2, -0.15) is 0 Å². The molecule has 1 aromatic carbocycles. The molecule has 0 bridgehead atoms. The third-order valence-corrected chi connectivity index (χ3v) is 7.18. The lowest BCUT2D eigenvalue weighted by atomic mass is 9.71. The van der Waals surface area contributed by atoms with Crippen LogP contribution in [0, 0.1) is 26.2 Å². The van der Waals surface area contributed by atoms with Crippen LogP contribution in [0.3, 0.4) is 0 Å². The van der Waals surface area contributed by atoms with Gasteiger partial charge >= 0.3 is 0 Å². The molecular weight excluding hydrogens is 414 g/mol. The number of carbonyl (C=O) groups excluding carboxylic acids is 1. The maximum Gasteiger partial charge on any atom is 0.229 e. The minimum Gasteiger partial charge on any atom is -0.361 e. The number of hydrogen-bond acceptors (Lipinski definition) is 6. The van der Waals surface area contributed by atoms with Crippen LogP contribution in [0.25, 0.3) is 11.3 Å². The minimum atomic E-state index is -0.286. The van der Waals surface area contributed by atoms with E-state index in [2.05, 4.69) is 20.0 Å². The fourth-order valence-corrected chi connectivity index (χ4v) is 5.34. The van der Waals surface area contributed by atoms with E-state index in [0.29, 0.717) is 6.54 Å². The van der Waals surface area contributed by atoms with Crippen molar-refractivity contribution in [1.82, 2.24) is 20.0 Å². The molecule has 2 aromatic heterocycles. The van der Waals surface area contributed by atoms with Gasteiger partial charge in [-0.3, -0.25) is 4.79 Å². The van der Waals surface area contributed by atoms with Crippen LogP contribution in [0.4, 0.5) is 5.95 Å². The SMILES string of the molecule is Cc1cc(C)nc(N2CCC3(CCCN(Cc4c(-c5ccccc5)noc4C)C3=O)CC2)n1. The molecule has 5 rings (SSSR count). The Labute approximate surface area is 194 Å². The molecule has 2 aliphatic heterocycles. The summed E-state index contributed by atoms with van der Waals surface area (Å²) < 4.78 is 5.54. The number of rotatable bonds is 4. The Kier molecular flexibility index (Phi) is 5.64. The molecule has 0 saturated carbocycles. The van der Waals surface area contributed by atoms with Gasteiger partial charge in [0.1, 0.15) is 11.5 Å². The van der Waals surface area contributed by atoms with Gasteiger partial charge in [-0.1, -0.05) is 35.5 Å². The second-order valence-corrected chi connectivity index (χ2v) is 9.48. The predicted molar refractivity (Wildman–Crippen MR) is 127 cm³/mol. The van der Waals surface area contributed by atoms with Crippen molar-refractivity contribution in [2.75, 3.05) is 24.5 Å². The summed E-state index contributed by atoms with van der Waals surface area (Å²) in [4.78, 5) is 27.3. The largest absolute Gasteiger partial charge is 0.361 e. The molecule has 33 heavy (non-hydrogen) atoms. The van der Waals surface area contributed by atoms with E-state index in [4.69, 9.17) is 4.52 Å². The number of benzene rings is 1. The Morgan fingerprint density at radius 1 is 0.970 bits per heavy atom. The Balaban J connectivity index is 1.32. The molecule has 1 spiro atoms. The highest BCUT2D eigenvalue weighted by atomic mass is 16.5. The van der Waals surface area contributed by atoms with Gasteiger partial charge in [0.2, 0.25) is 11.9 Å². The lowest BCUT2D eigenvalue weighted by molar-refractivity contribution is -0.148. The number of carbonyl (C=O) groups is 1. The van der Waals surface area contributed by atoms with Crippen molar-refractivity contribution < 1.29 is 9.32 Å². The fraction of sp³-hybridized carbons (Fsp3) is 0.462. The lowest BCUT2D eigenvalue weighted by Gasteiger charge is -2.46. The predicted octanol–water partition coefficient (Wildman–Crippen LogP) is 4.47. The Hall–Kier alpha value is -3.22. The zero-order chi connectivity index (χ0) is 23.0. The van der Waals surface area contributed by atoms with Crippen molar-refractivity contribution in [3.05, 3.63) is 59.1 Å². The Morgan fingerprint density at radius 2 is 1.67 bits per heavy atom. The number of nitrogens with zero attached hydrogens (tertiary/aromatic N) is 5. The minimum absolute atomic E-state index is 0.273. The molecule has 4 heterocycles. The summed E-state index contributed by atoms with van der Waals surface area (Å²) >= 11 is 0. The molecule has 1 amide bonds. The van der Waals surface area contributed by atoms with Crippen molar-refractivity contribution in [2.24, 2.45) is 5.41 Å². The van der Waals surface area contributed by atoms with Gasteiger partial charge in [-0.25, -0.2) is 9.97 Å². The van der Waals surface area contributed by atoms with Crippen LogP contribution in [0.15, 0.2) is 40.9 Å². The average Bonchev–Trinajstić information content (AvgIpc) is 3.17. The number of likely N-dealkylation sites (tertiary alicyclic amines) is 1. The molecule has 0 atom stereocenters. The van der Waals surface area contributed by atoms with Crippen LogP contribution in [-0.4, -0.2) is 45.6 Å². The first kappa shape index (κ1) is 21.6. The third-order valence-electron chi connectivity index (χ3n) is 7.18. The average molecular weight is 446 g/mol. The van der Waals surface area contributed by atoms with Gasteiger partial charge in [0.25, 0.3) is 0 Å². The molecule has 172 valence electrons. The first-order valence-electron chi connectivity index (χ1n) is 11.8. The third kappa shape index (κ3) is 4.12. The molecule has 2 fully saturated rings. The zero-order valence-electron chi connectivity index (χ0n) is 19.7. The molecule has 0 aliphatic carbocycles. The summed E-state index contributed by atoms with van der Waals surface area (Å²) in [5.41, 5.74) is 4.54. The van der Waals surface area contributed by atoms with Crippen molar-refractivity contribution in [3.8, 4) is 11.3 Å². The summed E-state index contributed by atoms with van der Waals surface area (Å²) in [5.74, 6) is 1.84. The first-order chi connectivity index (χ1) is 15.9. The lowest BCUT2D eigenvalue weighted by Crippen LogP contribution is -2.53. The summed E-state index contributed by atoms with van der Waals surface area (Å²) in [6.07, 6.45) is 3.66. The van der Waals surface area contributed by atoms with Crippen LogP contribution < -0.4 is 4.90 Å². The van der Waals surface area contributed by atoms with Crippen LogP contribution in [0.1, 0.15) is 48.4 Å². The first-order valence-corrected chi connectivity index (χ1v) is 11.8. The van der Waals surface area contributed by atoms with E-state index in [-0.39, 0.29) is 11.3 Å². The van der Waals surface area contributed by atoms with E-state index in [0.717, 1.165) is 85.2 Å². The Morgan fingerprint density at radius 3 is 2.36 bits per heavy atom. The highest BCUT2D eigenvalue weighted by molar-refractivity contribution is 5.84. The highest BCUT2D eigenvalue weighted by Crippen LogP contribution is 2.42. The van der Waals surface area contributed by atoms with Gasteiger partial charge in [-0.05, 0) is 52.5 Å². The van der Waals surface area contributed by atoms with E-state index in [1.807, 2.05) is 62.1 Å². The normalized spacial score (nSPS) is 18.2. The number of hydrogen-bond donors (Lipinski definition) is 0. The molecule has 2 saturated heterocycles. The van der Waals surface area contributed by atoms with Gasteiger partial charge < -0.3 is 14.3 Å². The number of aromatic nitrogens is 3. The van der Waals surface area contributed by atoms with E-state index < -0.39 is 0 Å². The van der Waals surface area contributed by atoms with Gasteiger partial charge in [-0.15, -0.1) is 0 Å². The maximum absolute atomic E-state index is 13.8. The molecule has 3 aromatic rings. The molecule has 0 unspecified atom stereocenters. The smallest absolute Gasteiger partial charge is 0.229 e. The quantitative estimate of drug-likeness (QED) is 0.590. The van der Waals surface area contributed by atoms with E-state index in [1.54, 1.807) is 0 Å². The summed E-state index contributed by atoms with van der Waals surface area (Å²) in [6.45, 7) is 8.88. The van der Waals surface area contributed by atoms with Gasteiger partial charge in [0.05, 0.1) is 12.0 Å². The van der Waals surface area contributed by atoms with Crippen LogP contribution in [-0.2, 0) is 11.3 Å². The maximum atomic E-state index is 13.8. The van der Waals surface area contributed by atoms with Crippen LogP contribution >= 0.6 is 0 Å². The molecule has 0 radical (unpaired) electrons. The van der Waals surface area contributed by atoms with E-state index in [1.165, 1.54) is 0 Å². The van der Waals surface area contributed by atoms with Crippen molar-refractivity contribution >= 4 is 11.9 Å². The second kappa shape index (κ2) is 8.61. The summed E-state index contributed by atoms with van der Waals surface area (Å²) in [5, 5.41) is 4.30. The molecule has 0 N–H and O–H groups in total. The second-order valence-electron chi connectivity index (χ2n) is 9.48. The Bertz CT molecular complexity index is 1130. The zero-order valence-corrected chi connectivity index (χ0v) is 19.7. The van der Waals surface area contributed by atoms with E-state index >= 15 is 0 Å². The van der Waals surface area contributed by atoms with Crippen molar-refractivity contribution in [1.29, 1.82) is 0 Å². The van der Waals surface area contributed by atoms with Crippen LogP contribution in [0.2, 0.25) is 0 Å². The monoisotopic (exact) mass is 445 g/mol. The number of piperidine rings is 2. The molecular formula is C26H31N5O2. The van der Waals surface area contributed by atoms with Crippen molar-refractivity contribution in [3.63, 3.8) is 0 Å². The van der Waals surface area contributed by atoms with Gasteiger partial charge in [0, 0.05) is 42.1 Å². The fourth-order valence-electron chi connectivity index (χ4n) is 5.34.